The highest BCUT2D eigenvalue weighted by molar-refractivity contribution is 7.07. The molecule has 5 nitrogen and oxygen atoms in total. The quantitative estimate of drug-likeness (QED) is 0.340. The highest BCUT2D eigenvalue weighted by Crippen LogP contribution is 2.02. The molecule has 0 aromatic carbocycles. The van der Waals surface area contributed by atoms with Crippen molar-refractivity contribution in [3.8, 4) is 0 Å². The van der Waals surface area contributed by atoms with E-state index in [1.54, 1.807) is 0 Å². The number of ether oxygens (including phenoxy) is 1. The lowest BCUT2D eigenvalue weighted by molar-refractivity contribution is -0.123. The third-order valence-electron chi connectivity index (χ3n) is 0.718. The topological polar surface area (TPSA) is 69.2 Å². The molecule has 0 aliphatic rings. The van der Waals surface area contributed by atoms with E-state index in [4.69, 9.17) is 0 Å². The van der Waals surface area contributed by atoms with Crippen LogP contribution in [-0.4, -0.2) is 22.0 Å². The van der Waals surface area contributed by atoms with Crippen molar-refractivity contribution >= 4 is 24.0 Å². The summed E-state index contributed by atoms with van der Waals surface area (Å²) in [5.41, 5.74) is 0. The smallest absolute Gasteiger partial charge is 0.359 e. The van der Waals surface area contributed by atoms with Crippen LogP contribution in [0, 0.1) is 0 Å². The lowest BCUT2D eigenvalue weighted by Crippen LogP contribution is -1.99. The lowest BCUT2D eigenvalue weighted by atomic mass is 10.6. The normalized spacial score (nSPS) is 8.80. The summed E-state index contributed by atoms with van der Waals surface area (Å²) in [5, 5.41) is 3.38. The van der Waals surface area contributed by atoms with Gasteiger partial charge in [-0.1, -0.05) is 4.49 Å². The van der Waals surface area contributed by atoms with Crippen LogP contribution in [0.2, 0.25) is 0 Å². The van der Waals surface area contributed by atoms with Gasteiger partial charge >= 0.3 is 12.4 Å². The Morgan fingerprint density at radius 1 is 1.80 bits per heavy atom. The second-order valence-corrected chi connectivity index (χ2v) is 2.07. The number of nitrogens with zero attached hydrogens (tertiary/aromatic N) is 2. The molecule has 1 rings (SSSR count). The first-order valence-corrected chi connectivity index (χ1v) is 3.04. The van der Waals surface area contributed by atoms with Crippen LogP contribution in [0.3, 0.4) is 0 Å². The Kier molecular flexibility index (Phi) is 2.06. The zero-order valence-electron chi connectivity index (χ0n) is 4.68. The number of rotatable bonds is 2. The molecule has 0 radical (unpaired) electrons. The van der Waals surface area contributed by atoms with Crippen molar-refractivity contribution in [1.29, 1.82) is 0 Å². The first kappa shape index (κ1) is 6.81. The largest absolute Gasteiger partial charge is 0.391 e. The van der Waals surface area contributed by atoms with E-state index in [1.807, 2.05) is 0 Å². The molecule has 1 aromatic heterocycles. The van der Waals surface area contributed by atoms with E-state index >= 15 is 0 Å². The first-order valence-electron chi connectivity index (χ1n) is 2.26. The van der Waals surface area contributed by atoms with E-state index in [-0.39, 0.29) is 11.3 Å². The summed E-state index contributed by atoms with van der Waals surface area (Å²) in [6.45, 7) is 0.0715. The molecule has 1 heterocycles. The van der Waals surface area contributed by atoms with Gasteiger partial charge in [0.2, 0.25) is 0 Å². The second kappa shape index (κ2) is 3.02. The molecule has 10 heavy (non-hydrogen) atoms. The van der Waals surface area contributed by atoms with Crippen molar-refractivity contribution in [2.24, 2.45) is 0 Å². The molecule has 0 aliphatic heterocycles. The minimum absolute atomic E-state index is 0.0715. The van der Waals surface area contributed by atoms with Gasteiger partial charge in [0.25, 0.3) is 0 Å². The molecule has 1 aromatic rings. The Hall–Kier alpha value is -1.30. The van der Waals surface area contributed by atoms with Crippen LogP contribution in [0.25, 0.3) is 0 Å². The Morgan fingerprint density at radius 3 is 3.10 bits per heavy atom. The Labute approximate surface area is 59.8 Å². The van der Waals surface area contributed by atoms with Gasteiger partial charge < -0.3 is 4.74 Å². The second-order valence-electron chi connectivity index (χ2n) is 1.28. The van der Waals surface area contributed by atoms with Crippen molar-refractivity contribution in [1.82, 2.24) is 9.59 Å². The summed E-state index contributed by atoms with van der Waals surface area (Å²) in [4.78, 5) is 20.4. The van der Waals surface area contributed by atoms with Gasteiger partial charge in [-0.2, -0.15) is 0 Å². The number of esters is 1. The number of carbonyl (C=O) groups is 2. The predicted octanol–water partition coefficient (Wildman–Crippen LogP) is -0.149. The van der Waals surface area contributed by atoms with Gasteiger partial charge in [0.1, 0.15) is 0 Å². The molecule has 0 saturated heterocycles. The van der Waals surface area contributed by atoms with Gasteiger partial charge in [-0.05, 0) is 11.5 Å². The molecule has 0 aliphatic carbocycles. The molecule has 0 N–H and O–H groups in total. The number of carbonyl (C=O) groups excluding carboxylic acids is 2. The maximum absolute atomic E-state index is 10.6. The minimum atomic E-state index is -0.718. The molecule has 0 fully saturated rings. The average Bonchev–Trinajstić information content (AvgIpc) is 2.38. The van der Waals surface area contributed by atoms with Crippen LogP contribution in [0.4, 0.5) is 0 Å². The lowest BCUT2D eigenvalue weighted by Gasteiger charge is -1.86. The fourth-order valence-corrected chi connectivity index (χ4v) is 0.758. The SMILES string of the molecule is O=COC(=O)c1cnns1. The summed E-state index contributed by atoms with van der Waals surface area (Å²) in [6, 6.07) is 0. The standard InChI is InChI=1S/C4H2N2O3S/c7-2-9-4(8)3-1-5-6-10-3/h1-2H. The zero-order valence-corrected chi connectivity index (χ0v) is 5.50. The first-order chi connectivity index (χ1) is 4.84. The summed E-state index contributed by atoms with van der Waals surface area (Å²) in [7, 11) is 0. The molecular weight excluding hydrogens is 156 g/mol. The van der Waals surface area contributed by atoms with Crippen LogP contribution in [0.5, 0.6) is 0 Å². The van der Waals surface area contributed by atoms with Gasteiger partial charge in [0, 0.05) is 0 Å². The number of hydrogen-bond acceptors (Lipinski definition) is 6. The molecule has 52 valence electrons. The van der Waals surface area contributed by atoms with E-state index < -0.39 is 5.97 Å². The maximum atomic E-state index is 10.6. The number of aromatic nitrogens is 2. The Balaban J connectivity index is 2.68. The van der Waals surface area contributed by atoms with E-state index in [2.05, 4.69) is 14.3 Å². The molecule has 0 spiro atoms. The Morgan fingerprint density at radius 2 is 2.60 bits per heavy atom. The van der Waals surface area contributed by atoms with Gasteiger partial charge in [-0.25, -0.2) is 4.79 Å². The van der Waals surface area contributed by atoms with Crippen molar-refractivity contribution in [2.45, 2.75) is 0 Å². The van der Waals surface area contributed by atoms with Crippen molar-refractivity contribution in [2.75, 3.05) is 0 Å². The number of hydrogen-bond donors (Lipinski definition) is 0. The third kappa shape index (κ3) is 1.35. The fourth-order valence-electron chi connectivity index (χ4n) is 0.359. The van der Waals surface area contributed by atoms with Crippen molar-refractivity contribution < 1.29 is 14.3 Å². The van der Waals surface area contributed by atoms with E-state index in [1.165, 1.54) is 6.20 Å². The Bertz CT molecular complexity index is 233. The summed E-state index contributed by atoms with van der Waals surface area (Å²) >= 11 is 0.876. The van der Waals surface area contributed by atoms with Crippen LogP contribution < -0.4 is 0 Å². The summed E-state index contributed by atoms with van der Waals surface area (Å²) in [5.74, 6) is -0.718. The molecule has 0 atom stereocenters. The molecular formula is C4H2N2O3S. The third-order valence-corrected chi connectivity index (χ3v) is 1.36. The fraction of sp³-hybridized carbons (Fsp3) is 0. The monoisotopic (exact) mass is 158 g/mol. The zero-order chi connectivity index (χ0) is 7.40. The van der Waals surface area contributed by atoms with Crippen LogP contribution in [0.15, 0.2) is 6.20 Å². The average molecular weight is 158 g/mol. The predicted molar refractivity (Wildman–Crippen MR) is 31.4 cm³/mol. The highest BCUT2D eigenvalue weighted by Gasteiger charge is 2.08. The molecule has 0 saturated carbocycles. The summed E-state index contributed by atoms with van der Waals surface area (Å²) in [6.07, 6.45) is 1.23. The molecule has 0 bridgehead atoms. The van der Waals surface area contributed by atoms with E-state index in [0.29, 0.717) is 0 Å². The molecule has 6 heteroatoms. The van der Waals surface area contributed by atoms with Crippen LogP contribution in [0.1, 0.15) is 9.67 Å². The summed E-state index contributed by atoms with van der Waals surface area (Å²) < 4.78 is 7.40. The van der Waals surface area contributed by atoms with Gasteiger partial charge in [-0.15, -0.1) is 5.10 Å². The van der Waals surface area contributed by atoms with Gasteiger partial charge in [0.15, 0.2) is 4.88 Å². The molecule has 0 unspecified atom stereocenters. The van der Waals surface area contributed by atoms with E-state index in [0.717, 1.165) is 11.5 Å². The van der Waals surface area contributed by atoms with Crippen molar-refractivity contribution in [3.63, 3.8) is 0 Å². The van der Waals surface area contributed by atoms with Crippen LogP contribution in [-0.2, 0) is 9.53 Å². The van der Waals surface area contributed by atoms with Crippen molar-refractivity contribution in [3.05, 3.63) is 11.1 Å². The highest BCUT2D eigenvalue weighted by atomic mass is 32.1. The van der Waals surface area contributed by atoms with E-state index in [9.17, 15) is 9.59 Å². The van der Waals surface area contributed by atoms with Crippen LogP contribution >= 0.6 is 11.5 Å². The maximum Gasteiger partial charge on any atom is 0.359 e. The van der Waals surface area contributed by atoms with Gasteiger partial charge in [-0.3, -0.25) is 4.79 Å². The van der Waals surface area contributed by atoms with Gasteiger partial charge in [0.05, 0.1) is 6.20 Å². The molecule has 0 amide bonds. The minimum Gasteiger partial charge on any atom is -0.391 e.